The number of urea groups is 1. The second-order valence-corrected chi connectivity index (χ2v) is 12.2. The second-order valence-electron chi connectivity index (χ2n) is 11.8. The van der Waals surface area contributed by atoms with Crippen LogP contribution in [0.4, 0.5) is 15.0 Å². The van der Waals surface area contributed by atoms with E-state index in [-0.39, 0.29) is 53.3 Å². The number of rotatable bonds is 6. The first-order valence-electron chi connectivity index (χ1n) is 14.6. The molecule has 0 bridgehead atoms. The van der Waals surface area contributed by atoms with E-state index in [0.717, 1.165) is 23.9 Å². The van der Waals surface area contributed by atoms with Gasteiger partial charge in [-0.25, -0.2) is 9.18 Å². The maximum Gasteiger partial charge on any atom is 0.319 e. The maximum absolute atomic E-state index is 16.8. The Morgan fingerprint density at radius 1 is 1.18 bits per heavy atom. The van der Waals surface area contributed by atoms with Gasteiger partial charge in [-0.05, 0) is 47.5 Å². The molecule has 2 saturated heterocycles. The van der Waals surface area contributed by atoms with Gasteiger partial charge in [0.25, 0.3) is 0 Å². The number of phenols is 1. The van der Waals surface area contributed by atoms with Crippen molar-refractivity contribution in [1.82, 2.24) is 19.8 Å². The second kappa shape index (κ2) is 11.9. The summed E-state index contributed by atoms with van der Waals surface area (Å²) in [6.45, 7) is 5.22. The predicted octanol–water partition coefficient (Wildman–Crippen LogP) is 5.01. The quantitative estimate of drug-likeness (QED) is 0.309. The average Bonchev–Trinajstić information content (AvgIpc) is 3.32. The molecule has 0 saturated carbocycles. The van der Waals surface area contributed by atoms with Crippen LogP contribution < -0.4 is 15.4 Å². The lowest BCUT2D eigenvalue weighted by atomic mass is 9.96. The van der Waals surface area contributed by atoms with E-state index in [9.17, 15) is 15.2 Å². The van der Waals surface area contributed by atoms with Crippen LogP contribution in [0, 0.1) is 29.0 Å². The number of benzene rings is 3. The minimum Gasteiger partial charge on any atom is -0.508 e. The molecule has 6 rings (SSSR count). The van der Waals surface area contributed by atoms with E-state index in [1.165, 1.54) is 11.0 Å². The highest BCUT2D eigenvalue weighted by Gasteiger charge is 2.33. The Kier molecular flexibility index (Phi) is 8.05. The topological polar surface area (TPSA) is 132 Å². The molecular weight excluding hydrogens is 585 g/mol. The largest absolute Gasteiger partial charge is 0.508 e. The lowest BCUT2D eigenvalue weighted by molar-refractivity contribution is 0.175. The first kappa shape index (κ1) is 29.7. The van der Waals surface area contributed by atoms with Crippen molar-refractivity contribution in [2.75, 3.05) is 51.3 Å². The van der Waals surface area contributed by atoms with E-state index in [4.69, 9.17) is 27.1 Å². The molecule has 3 atom stereocenters. The number of piperazine rings is 1. The van der Waals surface area contributed by atoms with Crippen molar-refractivity contribution < 1.29 is 19.0 Å². The van der Waals surface area contributed by atoms with Gasteiger partial charge >= 0.3 is 12.0 Å². The number of hydrogen-bond donors (Lipinski definition) is 2. The van der Waals surface area contributed by atoms with Crippen molar-refractivity contribution in [2.24, 2.45) is 17.6 Å². The van der Waals surface area contributed by atoms with Crippen LogP contribution in [0.25, 0.3) is 32.8 Å². The fourth-order valence-electron chi connectivity index (χ4n) is 6.53. The number of nitriles is 1. The first-order valence-corrected chi connectivity index (χ1v) is 14.9. The summed E-state index contributed by atoms with van der Waals surface area (Å²) in [6, 6.07) is 13.2. The number of hydrogen-bond acceptors (Lipinski definition) is 8. The number of nitrogens with zero attached hydrogens (tertiary/aromatic N) is 6. The molecule has 2 aliphatic rings. The van der Waals surface area contributed by atoms with E-state index in [1.807, 2.05) is 29.2 Å². The van der Waals surface area contributed by atoms with Gasteiger partial charge in [0.05, 0.1) is 30.2 Å². The van der Waals surface area contributed by atoms with Gasteiger partial charge < -0.3 is 30.3 Å². The van der Waals surface area contributed by atoms with E-state index in [0.29, 0.717) is 35.8 Å². The summed E-state index contributed by atoms with van der Waals surface area (Å²) in [4.78, 5) is 27.0. The third kappa shape index (κ3) is 5.51. The molecule has 44 heavy (non-hydrogen) atoms. The van der Waals surface area contributed by atoms with Gasteiger partial charge in [0, 0.05) is 49.6 Å². The number of carbonyl (C=O) groups is 1. The number of carbonyl (C=O) groups excluding carboxylic acids is 1. The molecule has 0 aliphatic carbocycles. The lowest BCUT2D eigenvalue weighted by Gasteiger charge is -2.40. The van der Waals surface area contributed by atoms with Crippen molar-refractivity contribution in [2.45, 2.75) is 19.4 Å². The fraction of sp³-hybridized carbons (Fsp3) is 0.375. The minimum atomic E-state index is -0.671. The van der Waals surface area contributed by atoms with Gasteiger partial charge in [0.1, 0.15) is 17.1 Å². The Hall–Kier alpha value is -4.40. The molecule has 2 fully saturated rings. The number of aromatic nitrogens is 2. The van der Waals surface area contributed by atoms with Crippen LogP contribution in [0.15, 0.2) is 42.5 Å². The van der Waals surface area contributed by atoms with Crippen LogP contribution in [0.3, 0.4) is 0 Å². The molecule has 3 aromatic carbocycles. The number of fused-ring (bicyclic) bond motifs is 2. The summed E-state index contributed by atoms with van der Waals surface area (Å²) < 4.78 is 22.9. The molecule has 228 valence electrons. The molecular formula is C32H33ClFN7O3. The molecule has 2 aliphatic heterocycles. The minimum absolute atomic E-state index is 0.0163. The van der Waals surface area contributed by atoms with Gasteiger partial charge in [0.15, 0.2) is 5.82 Å². The summed E-state index contributed by atoms with van der Waals surface area (Å²) in [7, 11) is 2.07. The number of halogens is 2. The highest BCUT2D eigenvalue weighted by molar-refractivity contribution is 6.35. The van der Waals surface area contributed by atoms with Crippen molar-refractivity contribution >= 4 is 45.1 Å². The summed E-state index contributed by atoms with van der Waals surface area (Å²) >= 11 is 6.82. The number of aromatic hydroxyl groups is 1. The smallest absolute Gasteiger partial charge is 0.319 e. The molecule has 3 heterocycles. The Bertz CT molecular complexity index is 1800. The van der Waals surface area contributed by atoms with Crippen LogP contribution in [-0.4, -0.2) is 83.3 Å². The Balaban J connectivity index is 1.49. The summed E-state index contributed by atoms with van der Waals surface area (Å²) in [5, 5.41) is 21.9. The number of anilines is 1. The molecule has 2 amide bonds. The Morgan fingerprint density at radius 2 is 1.98 bits per heavy atom. The van der Waals surface area contributed by atoms with Crippen LogP contribution in [0.2, 0.25) is 5.02 Å². The van der Waals surface area contributed by atoms with Crippen molar-refractivity contribution in [3.8, 4) is 29.0 Å². The van der Waals surface area contributed by atoms with Crippen LogP contribution in [0.1, 0.15) is 13.3 Å². The molecule has 0 spiro atoms. The number of ether oxygens (including phenoxy) is 1. The monoisotopic (exact) mass is 617 g/mol. The summed E-state index contributed by atoms with van der Waals surface area (Å²) in [6.07, 6.45) is 0.0722. The number of primary amides is 1. The standard InChI is InChI=1S/C32H33ClFN7O3/c1-18-14-39(2)15-20(18)17-44-32-37-29-25(30(38-32)40-9-10-41(31(36)43)21(16-40)7-8-35)13-26(33)27(28(29)34)24-12-22(42)11-19-5-3-4-6-23(19)24/h3-6,11-13,18,20-21,42H,7,9-10,14-17H2,1-2H3,(H2,36,43)/t18?,20?,21-/m0/s1. The third-order valence-electron chi connectivity index (χ3n) is 8.73. The zero-order valence-electron chi connectivity index (χ0n) is 24.5. The van der Waals surface area contributed by atoms with E-state index in [2.05, 4.69) is 29.9 Å². The van der Waals surface area contributed by atoms with E-state index >= 15 is 4.39 Å². The molecule has 12 heteroatoms. The molecule has 3 N–H and O–H groups in total. The van der Waals surface area contributed by atoms with Gasteiger partial charge in [-0.15, -0.1) is 0 Å². The van der Waals surface area contributed by atoms with Crippen molar-refractivity contribution in [3.63, 3.8) is 0 Å². The SMILES string of the molecule is CC1CN(C)CC1COc1nc(N2CCN(C(N)=O)[C@@H](CC#N)C2)c2cc(Cl)c(-c3cc(O)cc4ccccc34)c(F)c2n1. The molecule has 4 aromatic rings. The van der Waals surface area contributed by atoms with Gasteiger partial charge in [0.2, 0.25) is 0 Å². The Morgan fingerprint density at radius 3 is 2.70 bits per heavy atom. The van der Waals surface area contributed by atoms with Gasteiger partial charge in [-0.3, -0.25) is 0 Å². The van der Waals surface area contributed by atoms with Gasteiger partial charge in [-0.1, -0.05) is 42.8 Å². The van der Waals surface area contributed by atoms with Crippen LogP contribution in [-0.2, 0) is 0 Å². The van der Waals surface area contributed by atoms with Crippen LogP contribution >= 0.6 is 11.6 Å². The zero-order valence-corrected chi connectivity index (χ0v) is 25.3. The molecule has 10 nitrogen and oxygen atoms in total. The predicted molar refractivity (Wildman–Crippen MR) is 167 cm³/mol. The molecule has 1 aromatic heterocycles. The highest BCUT2D eigenvalue weighted by Crippen LogP contribution is 2.42. The highest BCUT2D eigenvalue weighted by atomic mass is 35.5. The van der Waals surface area contributed by atoms with Crippen molar-refractivity contribution in [1.29, 1.82) is 5.26 Å². The lowest BCUT2D eigenvalue weighted by Crippen LogP contribution is -2.56. The number of amides is 2. The summed E-state index contributed by atoms with van der Waals surface area (Å²) in [5.74, 6) is 0.367. The fourth-order valence-corrected chi connectivity index (χ4v) is 6.82. The maximum atomic E-state index is 16.8. The van der Waals surface area contributed by atoms with Gasteiger partial charge in [-0.2, -0.15) is 15.2 Å². The van der Waals surface area contributed by atoms with E-state index in [1.54, 1.807) is 12.1 Å². The van der Waals surface area contributed by atoms with Crippen LogP contribution in [0.5, 0.6) is 11.8 Å². The average molecular weight is 618 g/mol. The van der Waals surface area contributed by atoms with E-state index < -0.39 is 17.9 Å². The van der Waals surface area contributed by atoms with Crippen molar-refractivity contribution in [3.05, 3.63) is 53.3 Å². The molecule has 0 radical (unpaired) electrons. The summed E-state index contributed by atoms with van der Waals surface area (Å²) in [5.41, 5.74) is 6.15. The number of nitrogens with two attached hydrogens (primary N) is 1. The third-order valence-corrected chi connectivity index (χ3v) is 9.03. The number of likely N-dealkylation sites (tertiary alicyclic amines) is 1. The number of phenolic OH excluding ortho intramolecular Hbond substituents is 1. The zero-order chi connectivity index (χ0) is 31.1. The Labute approximate surface area is 259 Å². The normalized spacial score (nSPS) is 20.8. The molecule has 2 unspecified atom stereocenters. The first-order chi connectivity index (χ1) is 21.1.